The molecule has 0 aliphatic heterocycles. The Morgan fingerprint density at radius 1 is 1.42 bits per heavy atom. The van der Waals surface area contributed by atoms with Crippen molar-refractivity contribution in [3.05, 3.63) is 28.2 Å². The average molecular weight is 336 g/mol. The molecule has 19 heavy (non-hydrogen) atoms. The van der Waals surface area contributed by atoms with E-state index in [9.17, 15) is 18.4 Å². The Hall–Kier alpha value is -1.50. The smallest absolute Gasteiger partial charge is 0.379 e. The summed E-state index contributed by atoms with van der Waals surface area (Å²) in [6.45, 7) is 1.70. The minimum absolute atomic E-state index is 0.0684. The molecule has 0 atom stereocenters. The molecule has 0 spiro atoms. The maximum atomic E-state index is 12.1. The van der Waals surface area contributed by atoms with Crippen LogP contribution < -0.4 is 10.1 Å². The van der Waals surface area contributed by atoms with Crippen LogP contribution in [0.2, 0.25) is 0 Å². The number of benzene rings is 1. The van der Waals surface area contributed by atoms with Crippen molar-refractivity contribution in [2.24, 2.45) is 0 Å². The van der Waals surface area contributed by atoms with Gasteiger partial charge in [0.2, 0.25) is 5.91 Å². The number of amides is 1. The second-order valence-corrected chi connectivity index (χ2v) is 4.62. The molecule has 0 saturated carbocycles. The molecular weight excluding hydrogens is 324 g/mol. The van der Waals surface area contributed by atoms with E-state index in [2.05, 4.69) is 26.0 Å². The van der Waals surface area contributed by atoms with Crippen LogP contribution in [0.4, 0.5) is 8.78 Å². The highest BCUT2D eigenvalue weighted by Crippen LogP contribution is 2.24. The maximum Gasteiger partial charge on any atom is 0.379 e. The number of halogens is 3. The van der Waals surface area contributed by atoms with Crippen LogP contribution in [0.3, 0.4) is 0 Å². The Balaban J connectivity index is 2.79. The summed E-state index contributed by atoms with van der Waals surface area (Å²) in [6, 6.07) is 4.65. The molecule has 0 bridgehead atoms. The first-order chi connectivity index (χ1) is 8.90. The number of hydrogen-bond acceptors (Lipinski definition) is 3. The van der Waals surface area contributed by atoms with E-state index in [0.29, 0.717) is 18.5 Å². The summed E-state index contributed by atoms with van der Waals surface area (Å²) < 4.78 is 29.6. The van der Waals surface area contributed by atoms with Gasteiger partial charge in [0.1, 0.15) is 5.75 Å². The van der Waals surface area contributed by atoms with Crippen LogP contribution in [0.25, 0.3) is 0 Å². The highest BCUT2D eigenvalue weighted by atomic mass is 79.9. The first-order valence-electron chi connectivity index (χ1n) is 5.43. The molecule has 0 heterocycles. The highest BCUT2D eigenvalue weighted by molar-refractivity contribution is 9.10. The maximum absolute atomic E-state index is 12.1. The van der Waals surface area contributed by atoms with Crippen LogP contribution in [-0.4, -0.2) is 24.8 Å². The van der Waals surface area contributed by atoms with Gasteiger partial charge in [0.15, 0.2) is 0 Å². The van der Waals surface area contributed by atoms with Crippen LogP contribution in [-0.2, 0) is 16.0 Å². The average Bonchev–Trinajstić information content (AvgIpc) is 2.31. The zero-order valence-corrected chi connectivity index (χ0v) is 11.7. The lowest BCUT2D eigenvalue weighted by Crippen LogP contribution is -2.23. The first-order valence-corrected chi connectivity index (χ1v) is 6.22. The molecule has 4 nitrogen and oxygen atoms in total. The summed E-state index contributed by atoms with van der Waals surface area (Å²) in [4.78, 5) is 21.6. The number of nitrogens with one attached hydrogen (secondary N) is 1. The fraction of sp³-hybridized carbons (Fsp3) is 0.333. The minimum Gasteiger partial charge on any atom is -0.422 e. The predicted octanol–water partition coefficient (Wildman–Crippen LogP) is 2.30. The summed E-state index contributed by atoms with van der Waals surface area (Å²) in [6.07, 6.45) is -2.81. The topological polar surface area (TPSA) is 55.4 Å². The van der Waals surface area contributed by atoms with E-state index < -0.39 is 12.4 Å². The quantitative estimate of drug-likeness (QED) is 0.663. The van der Waals surface area contributed by atoms with Crippen LogP contribution in [0, 0.1) is 0 Å². The normalized spacial score (nSPS) is 10.4. The highest BCUT2D eigenvalue weighted by Gasteiger charge is 2.19. The van der Waals surface area contributed by atoms with Gasteiger partial charge in [0.05, 0.1) is 0 Å². The number of alkyl halides is 2. The summed E-state index contributed by atoms with van der Waals surface area (Å²) in [5, 5.41) is 2.57. The Bertz CT molecular complexity index is 480. The molecule has 7 heteroatoms. The molecule has 0 aliphatic rings. The summed E-state index contributed by atoms with van der Waals surface area (Å²) in [5.74, 6) is -1.72. The third kappa shape index (κ3) is 5.34. The van der Waals surface area contributed by atoms with Crippen molar-refractivity contribution in [3.8, 4) is 5.75 Å². The summed E-state index contributed by atoms with van der Waals surface area (Å²) in [5.41, 5.74) is 0.553. The Kier molecular flexibility index (Phi) is 5.88. The van der Waals surface area contributed by atoms with E-state index in [1.165, 1.54) is 13.0 Å². The zero-order chi connectivity index (χ0) is 14.4. The Morgan fingerprint density at radius 3 is 2.68 bits per heavy atom. The number of carbonyl (C=O) groups excluding carboxylic acids is 2. The van der Waals surface area contributed by atoms with Gasteiger partial charge in [-0.2, -0.15) is 8.78 Å². The van der Waals surface area contributed by atoms with Gasteiger partial charge in [-0.3, -0.25) is 4.79 Å². The lowest BCUT2D eigenvalue weighted by Gasteiger charge is -2.10. The zero-order valence-electron chi connectivity index (χ0n) is 10.1. The molecule has 0 unspecified atom stereocenters. The van der Waals surface area contributed by atoms with E-state index in [-0.39, 0.29) is 11.7 Å². The van der Waals surface area contributed by atoms with Gasteiger partial charge in [-0.15, -0.1) is 0 Å². The van der Waals surface area contributed by atoms with Crippen molar-refractivity contribution in [1.82, 2.24) is 5.32 Å². The molecule has 1 rings (SSSR count). The molecule has 1 aromatic carbocycles. The number of carbonyl (C=O) groups is 2. The SMILES string of the molecule is CC(=O)NCCc1cc(Br)ccc1OC(=O)C(F)F. The fourth-order valence-electron chi connectivity index (χ4n) is 1.37. The molecule has 0 fully saturated rings. The van der Waals surface area contributed by atoms with E-state index >= 15 is 0 Å². The van der Waals surface area contributed by atoms with Gasteiger partial charge in [0.25, 0.3) is 0 Å². The van der Waals surface area contributed by atoms with Crippen molar-refractivity contribution in [2.75, 3.05) is 6.54 Å². The van der Waals surface area contributed by atoms with Gasteiger partial charge < -0.3 is 10.1 Å². The molecule has 104 valence electrons. The lowest BCUT2D eigenvalue weighted by atomic mass is 10.1. The van der Waals surface area contributed by atoms with E-state index in [1.54, 1.807) is 12.1 Å². The van der Waals surface area contributed by atoms with Gasteiger partial charge in [-0.05, 0) is 30.2 Å². The Morgan fingerprint density at radius 2 is 2.11 bits per heavy atom. The van der Waals surface area contributed by atoms with E-state index in [1.807, 2.05) is 0 Å². The number of ether oxygens (including phenoxy) is 1. The summed E-state index contributed by atoms with van der Waals surface area (Å²) in [7, 11) is 0. The molecule has 0 aliphatic carbocycles. The molecule has 1 amide bonds. The minimum atomic E-state index is -3.17. The third-order valence-electron chi connectivity index (χ3n) is 2.18. The number of esters is 1. The standard InChI is InChI=1S/C12H12BrF2NO3/c1-7(17)16-5-4-8-6-9(13)2-3-10(8)19-12(18)11(14)15/h2-3,6,11H,4-5H2,1H3,(H,16,17). The van der Waals surface area contributed by atoms with Crippen LogP contribution in [0.1, 0.15) is 12.5 Å². The van der Waals surface area contributed by atoms with Gasteiger partial charge in [-0.1, -0.05) is 15.9 Å². The van der Waals surface area contributed by atoms with Gasteiger partial charge in [0, 0.05) is 17.9 Å². The van der Waals surface area contributed by atoms with Crippen LogP contribution in [0.15, 0.2) is 22.7 Å². The van der Waals surface area contributed by atoms with E-state index in [0.717, 1.165) is 4.47 Å². The fourth-order valence-corrected chi connectivity index (χ4v) is 1.78. The molecular formula is C12H12BrF2NO3. The first kappa shape index (κ1) is 15.6. The molecule has 1 aromatic rings. The molecule has 1 N–H and O–H groups in total. The second-order valence-electron chi connectivity index (χ2n) is 3.71. The summed E-state index contributed by atoms with van der Waals surface area (Å²) >= 11 is 3.24. The lowest BCUT2D eigenvalue weighted by molar-refractivity contribution is -0.146. The van der Waals surface area contributed by atoms with E-state index in [4.69, 9.17) is 0 Å². The van der Waals surface area contributed by atoms with Crippen molar-refractivity contribution in [1.29, 1.82) is 0 Å². The van der Waals surface area contributed by atoms with Gasteiger partial charge in [-0.25, -0.2) is 4.79 Å². The van der Waals surface area contributed by atoms with Gasteiger partial charge >= 0.3 is 12.4 Å². The largest absolute Gasteiger partial charge is 0.422 e. The monoisotopic (exact) mass is 335 g/mol. The van der Waals surface area contributed by atoms with Crippen LogP contribution in [0.5, 0.6) is 5.75 Å². The molecule has 0 radical (unpaired) electrons. The van der Waals surface area contributed by atoms with Crippen molar-refractivity contribution in [2.45, 2.75) is 19.8 Å². The molecule has 0 saturated heterocycles. The van der Waals surface area contributed by atoms with Crippen LogP contribution >= 0.6 is 15.9 Å². The second kappa shape index (κ2) is 7.18. The third-order valence-corrected chi connectivity index (χ3v) is 2.67. The molecule has 0 aromatic heterocycles. The predicted molar refractivity (Wildman–Crippen MR) is 68.2 cm³/mol. The van der Waals surface area contributed by atoms with Crippen molar-refractivity contribution < 1.29 is 23.1 Å². The number of rotatable bonds is 5. The van der Waals surface area contributed by atoms with Crippen molar-refractivity contribution in [3.63, 3.8) is 0 Å². The number of hydrogen-bond donors (Lipinski definition) is 1. The Labute approximate surface area is 117 Å². The van der Waals surface area contributed by atoms with Crippen molar-refractivity contribution >= 4 is 27.8 Å².